The molecule has 32 heavy (non-hydrogen) atoms. The summed E-state index contributed by atoms with van der Waals surface area (Å²) < 4.78 is 23.7. The molecule has 0 saturated carbocycles. The SMILES string of the molecule is CCOC(=O)c1c(CCc2ccc(F)cc2)cc([C@@H]2CCCN2C)c(C(=O)OCC)c1O. The van der Waals surface area contributed by atoms with Crippen LogP contribution in [0.5, 0.6) is 5.75 Å². The van der Waals surface area contributed by atoms with Gasteiger partial charge in [-0.15, -0.1) is 0 Å². The van der Waals surface area contributed by atoms with Gasteiger partial charge in [-0.05, 0) is 81.9 Å². The van der Waals surface area contributed by atoms with Gasteiger partial charge < -0.3 is 14.6 Å². The lowest BCUT2D eigenvalue weighted by Gasteiger charge is -2.25. The standard InChI is InChI=1S/C25H30FNO5/c1-4-31-24(29)21-17(11-8-16-9-12-18(26)13-10-16)15-19(20-7-6-14-27(20)3)22(23(21)28)25(30)32-5-2/h9-10,12-13,15,20,28H,4-8,11,14H2,1-3H3/t20-/m0/s1. The molecular weight excluding hydrogens is 413 g/mol. The van der Waals surface area contributed by atoms with E-state index in [1.807, 2.05) is 13.1 Å². The summed E-state index contributed by atoms with van der Waals surface area (Å²) in [6.45, 7) is 4.54. The molecule has 1 N–H and O–H groups in total. The first kappa shape index (κ1) is 23.7. The van der Waals surface area contributed by atoms with Crippen LogP contribution in [-0.4, -0.2) is 48.8 Å². The maximum absolute atomic E-state index is 13.3. The Kier molecular flexibility index (Phi) is 7.85. The Morgan fingerprint density at radius 3 is 2.25 bits per heavy atom. The highest BCUT2D eigenvalue weighted by atomic mass is 19.1. The van der Waals surface area contributed by atoms with Crippen LogP contribution in [-0.2, 0) is 22.3 Å². The molecule has 172 valence electrons. The number of halogens is 1. The van der Waals surface area contributed by atoms with Crippen molar-refractivity contribution in [2.75, 3.05) is 26.8 Å². The van der Waals surface area contributed by atoms with Crippen molar-refractivity contribution in [3.05, 3.63) is 64.0 Å². The van der Waals surface area contributed by atoms with E-state index < -0.39 is 17.7 Å². The van der Waals surface area contributed by atoms with Crippen molar-refractivity contribution in [2.24, 2.45) is 0 Å². The summed E-state index contributed by atoms with van der Waals surface area (Å²) in [7, 11) is 1.97. The van der Waals surface area contributed by atoms with E-state index >= 15 is 0 Å². The molecule has 6 nitrogen and oxygen atoms in total. The van der Waals surface area contributed by atoms with E-state index in [2.05, 4.69) is 4.90 Å². The number of phenolic OH excluding ortho intramolecular Hbond substituents is 1. The molecule has 0 bridgehead atoms. The molecule has 0 radical (unpaired) electrons. The summed E-state index contributed by atoms with van der Waals surface area (Å²) in [5.74, 6) is -2.05. The number of phenols is 1. The van der Waals surface area contributed by atoms with Gasteiger partial charge in [0.05, 0.1) is 13.2 Å². The van der Waals surface area contributed by atoms with Crippen molar-refractivity contribution in [3.8, 4) is 5.75 Å². The largest absolute Gasteiger partial charge is 0.506 e. The number of carbonyl (C=O) groups is 2. The molecule has 7 heteroatoms. The quantitative estimate of drug-likeness (QED) is 0.608. The number of rotatable bonds is 8. The number of nitrogens with zero attached hydrogens (tertiary/aromatic N) is 1. The van der Waals surface area contributed by atoms with Crippen LogP contribution in [0.4, 0.5) is 4.39 Å². The Hall–Kier alpha value is -2.93. The Bertz CT molecular complexity index is 973. The smallest absolute Gasteiger partial charge is 0.342 e. The molecule has 1 fully saturated rings. The van der Waals surface area contributed by atoms with E-state index in [9.17, 15) is 19.1 Å². The highest BCUT2D eigenvalue weighted by Gasteiger charge is 2.33. The summed E-state index contributed by atoms with van der Waals surface area (Å²) >= 11 is 0. The van der Waals surface area contributed by atoms with Crippen LogP contribution >= 0.6 is 0 Å². The van der Waals surface area contributed by atoms with Crippen molar-refractivity contribution in [1.29, 1.82) is 0 Å². The number of benzene rings is 2. The van der Waals surface area contributed by atoms with Gasteiger partial charge in [0.1, 0.15) is 22.7 Å². The second-order valence-electron chi connectivity index (χ2n) is 7.93. The average molecular weight is 444 g/mol. The first-order valence-electron chi connectivity index (χ1n) is 11.0. The summed E-state index contributed by atoms with van der Waals surface area (Å²) in [5, 5.41) is 11.2. The summed E-state index contributed by atoms with van der Waals surface area (Å²) in [4.78, 5) is 27.7. The number of ether oxygens (including phenoxy) is 2. The van der Waals surface area contributed by atoms with Crippen molar-refractivity contribution in [2.45, 2.75) is 45.6 Å². The van der Waals surface area contributed by atoms with Gasteiger partial charge >= 0.3 is 11.9 Å². The molecule has 0 aromatic heterocycles. The number of hydrogen-bond donors (Lipinski definition) is 1. The molecule has 1 aliphatic heterocycles. The van der Waals surface area contributed by atoms with Gasteiger partial charge in [-0.2, -0.15) is 0 Å². The van der Waals surface area contributed by atoms with Crippen molar-refractivity contribution < 1.29 is 28.6 Å². The van der Waals surface area contributed by atoms with Crippen LogP contribution in [0, 0.1) is 5.82 Å². The van der Waals surface area contributed by atoms with Gasteiger partial charge in [-0.25, -0.2) is 14.0 Å². The zero-order valence-corrected chi connectivity index (χ0v) is 18.8. The summed E-state index contributed by atoms with van der Waals surface area (Å²) in [6, 6.07) is 7.93. The number of aromatic hydroxyl groups is 1. The van der Waals surface area contributed by atoms with Gasteiger partial charge in [-0.3, -0.25) is 4.90 Å². The molecule has 0 unspecified atom stereocenters. The molecule has 2 aromatic carbocycles. The van der Waals surface area contributed by atoms with Crippen LogP contribution in [0.15, 0.2) is 30.3 Å². The summed E-state index contributed by atoms with van der Waals surface area (Å²) in [6.07, 6.45) is 2.75. The molecule has 1 saturated heterocycles. The van der Waals surface area contributed by atoms with Crippen LogP contribution in [0.2, 0.25) is 0 Å². The van der Waals surface area contributed by atoms with Gasteiger partial charge in [-0.1, -0.05) is 18.2 Å². The van der Waals surface area contributed by atoms with E-state index in [0.29, 0.717) is 24.0 Å². The monoisotopic (exact) mass is 443 g/mol. The average Bonchev–Trinajstić information content (AvgIpc) is 3.18. The van der Waals surface area contributed by atoms with E-state index in [1.54, 1.807) is 26.0 Å². The van der Waals surface area contributed by atoms with E-state index in [4.69, 9.17) is 9.47 Å². The lowest BCUT2D eigenvalue weighted by atomic mass is 9.89. The van der Waals surface area contributed by atoms with Crippen molar-refractivity contribution in [3.63, 3.8) is 0 Å². The molecule has 1 atom stereocenters. The fourth-order valence-electron chi connectivity index (χ4n) is 4.29. The minimum absolute atomic E-state index is 0.0126. The van der Waals surface area contributed by atoms with Crippen LogP contribution in [0.25, 0.3) is 0 Å². The topological polar surface area (TPSA) is 76.1 Å². The normalized spacial score (nSPS) is 16.2. The predicted octanol–water partition coefficient (Wildman–Crippen LogP) is 4.44. The zero-order chi connectivity index (χ0) is 23.3. The number of aryl methyl sites for hydroxylation is 2. The molecule has 1 heterocycles. The Balaban J connectivity index is 2.11. The van der Waals surface area contributed by atoms with Crippen LogP contribution < -0.4 is 0 Å². The third kappa shape index (κ3) is 5.10. The fraction of sp³-hybridized carbons (Fsp3) is 0.440. The maximum Gasteiger partial charge on any atom is 0.342 e. The minimum Gasteiger partial charge on any atom is -0.506 e. The molecular formula is C25H30FNO5. The highest BCUT2D eigenvalue weighted by Crippen LogP contribution is 2.40. The molecule has 2 aromatic rings. The summed E-state index contributed by atoms with van der Waals surface area (Å²) in [5.41, 5.74) is 2.16. The van der Waals surface area contributed by atoms with Crippen molar-refractivity contribution >= 4 is 11.9 Å². The molecule has 0 spiro atoms. The number of esters is 2. The van der Waals surface area contributed by atoms with Gasteiger partial charge in [0.25, 0.3) is 0 Å². The Morgan fingerprint density at radius 1 is 1.06 bits per heavy atom. The number of hydrogen-bond acceptors (Lipinski definition) is 6. The molecule has 1 aliphatic rings. The van der Waals surface area contributed by atoms with Crippen molar-refractivity contribution in [1.82, 2.24) is 4.90 Å². The second-order valence-corrected chi connectivity index (χ2v) is 7.93. The number of likely N-dealkylation sites (tertiary alicyclic amines) is 1. The predicted molar refractivity (Wildman–Crippen MR) is 118 cm³/mol. The molecule has 3 rings (SSSR count). The van der Waals surface area contributed by atoms with Gasteiger partial charge in [0, 0.05) is 6.04 Å². The highest BCUT2D eigenvalue weighted by molar-refractivity contribution is 6.02. The second kappa shape index (κ2) is 10.6. The maximum atomic E-state index is 13.3. The zero-order valence-electron chi connectivity index (χ0n) is 18.8. The third-order valence-corrected chi connectivity index (χ3v) is 5.85. The van der Waals surface area contributed by atoms with Gasteiger partial charge in [0.15, 0.2) is 0 Å². The first-order chi connectivity index (χ1) is 15.4. The Labute approximate surface area is 187 Å². The van der Waals surface area contributed by atoms with Crippen LogP contribution in [0.1, 0.15) is 70.1 Å². The third-order valence-electron chi connectivity index (χ3n) is 5.85. The van der Waals surface area contributed by atoms with E-state index in [1.165, 1.54) is 12.1 Å². The van der Waals surface area contributed by atoms with E-state index in [-0.39, 0.29) is 36.2 Å². The molecule has 0 amide bonds. The number of carbonyl (C=O) groups excluding carboxylic acids is 2. The van der Waals surface area contributed by atoms with Crippen LogP contribution in [0.3, 0.4) is 0 Å². The lowest BCUT2D eigenvalue weighted by molar-refractivity contribution is 0.0515. The lowest BCUT2D eigenvalue weighted by Crippen LogP contribution is -2.22. The Morgan fingerprint density at radius 2 is 1.69 bits per heavy atom. The van der Waals surface area contributed by atoms with Gasteiger partial charge in [0.2, 0.25) is 0 Å². The first-order valence-corrected chi connectivity index (χ1v) is 11.0. The molecule has 0 aliphatic carbocycles. The fourth-order valence-corrected chi connectivity index (χ4v) is 4.29. The minimum atomic E-state index is -0.684. The van der Waals surface area contributed by atoms with E-state index in [0.717, 1.165) is 24.9 Å².